The van der Waals surface area contributed by atoms with E-state index in [1.165, 1.54) is 0 Å². The molecule has 1 N–H and O–H groups in total. The van der Waals surface area contributed by atoms with E-state index in [1.54, 1.807) is 0 Å². The molecule has 2 rings (SSSR count). The summed E-state index contributed by atoms with van der Waals surface area (Å²) in [5.41, 5.74) is 1.01. The van der Waals surface area contributed by atoms with Gasteiger partial charge in [0.1, 0.15) is 0 Å². The molecule has 1 unspecified atom stereocenters. The minimum absolute atomic E-state index is 0.0827. The second kappa shape index (κ2) is 6.30. The van der Waals surface area contributed by atoms with Crippen LogP contribution in [0.1, 0.15) is 32.9 Å². The molecule has 1 atom stereocenters. The minimum Gasteiger partial charge on any atom is -0.476 e. The fraction of sp³-hybridized carbons (Fsp3) is 0.714. The van der Waals surface area contributed by atoms with Crippen LogP contribution in [0.4, 0.5) is 0 Å². The molecule has 1 aliphatic heterocycles. The van der Waals surface area contributed by atoms with E-state index < -0.39 is 0 Å². The molecule has 1 aromatic heterocycles. The summed E-state index contributed by atoms with van der Waals surface area (Å²) in [6.07, 6.45) is 1.07. The first-order valence-corrected chi connectivity index (χ1v) is 6.81. The van der Waals surface area contributed by atoms with E-state index in [-0.39, 0.29) is 5.54 Å². The van der Waals surface area contributed by atoms with Crippen LogP contribution >= 0.6 is 0 Å². The molecule has 5 nitrogen and oxygen atoms in total. The van der Waals surface area contributed by atoms with Crippen molar-refractivity contribution in [1.82, 2.24) is 15.5 Å². The Bertz CT molecular complexity index is 381. The first-order valence-electron chi connectivity index (χ1n) is 6.81. The van der Waals surface area contributed by atoms with Crippen molar-refractivity contribution in [2.24, 2.45) is 5.92 Å². The first kappa shape index (κ1) is 14.2. The van der Waals surface area contributed by atoms with Crippen molar-refractivity contribution in [2.45, 2.75) is 39.3 Å². The van der Waals surface area contributed by atoms with Crippen molar-refractivity contribution < 1.29 is 9.47 Å². The molecule has 0 bridgehead atoms. The Morgan fingerprint density at radius 3 is 2.79 bits per heavy atom. The van der Waals surface area contributed by atoms with Crippen LogP contribution < -0.4 is 10.1 Å². The summed E-state index contributed by atoms with van der Waals surface area (Å²) in [6, 6.07) is 3.83. The molecule has 0 saturated carbocycles. The molecule has 0 radical (unpaired) electrons. The van der Waals surface area contributed by atoms with E-state index in [0.29, 0.717) is 24.9 Å². The Labute approximate surface area is 114 Å². The lowest BCUT2D eigenvalue weighted by Crippen LogP contribution is -2.35. The second-order valence-corrected chi connectivity index (χ2v) is 6.01. The fourth-order valence-electron chi connectivity index (χ4n) is 1.79. The zero-order valence-corrected chi connectivity index (χ0v) is 12.0. The normalized spacial score (nSPS) is 19.6. The highest BCUT2D eigenvalue weighted by Crippen LogP contribution is 2.14. The van der Waals surface area contributed by atoms with Crippen LogP contribution in [-0.4, -0.2) is 35.6 Å². The molecule has 1 aromatic rings. The zero-order chi connectivity index (χ0) is 13.7. The standard InChI is InChI=1S/C14H23N3O2/c1-14(2,3)15-8-12-4-5-13(17-16-12)19-10-11-6-7-18-9-11/h4-5,11,15H,6-10H2,1-3H3. The number of ether oxygens (including phenoxy) is 2. The molecule has 1 fully saturated rings. The summed E-state index contributed by atoms with van der Waals surface area (Å²) < 4.78 is 10.9. The van der Waals surface area contributed by atoms with E-state index in [4.69, 9.17) is 9.47 Å². The third-order valence-corrected chi connectivity index (χ3v) is 2.99. The smallest absolute Gasteiger partial charge is 0.233 e. The SMILES string of the molecule is CC(C)(C)NCc1ccc(OCC2CCOC2)nn1. The van der Waals surface area contributed by atoms with Crippen LogP contribution in [0.3, 0.4) is 0 Å². The first-order chi connectivity index (χ1) is 9.03. The number of hydrogen-bond donors (Lipinski definition) is 1. The molecular weight excluding hydrogens is 242 g/mol. The number of nitrogens with one attached hydrogen (secondary N) is 1. The molecule has 1 aliphatic rings. The van der Waals surface area contributed by atoms with Crippen molar-refractivity contribution in [1.29, 1.82) is 0 Å². The third kappa shape index (κ3) is 5.12. The second-order valence-electron chi connectivity index (χ2n) is 6.01. The molecule has 0 aromatic carbocycles. The van der Waals surface area contributed by atoms with Crippen LogP contribution in [0.15, 0.2) is 12.1 Å². The summed E-state index contributed by atoms with van der Waals surface area (Å²) in [5, 5.41) is 11.6. The van der Waals surface area contributed by atoms with Gasteiger partial charge in [0.05, 0.1) is 18.9 Å². The maximum atomic E-state index is 5.62. The molecule has 0 amide bonds. The van der Waals surface area contributed by atoms with E-state index in [0.717, 1.165) is 25.3 Å². The Balaban J connectivity index is 1.77. The lowest BCUT2D eigenvalue weighted by molar-refractivity contribution is 0.165. The van der Waals surface area contributed by atoms with Gasteiger partial charge in [-0.15, -0.1) is 5.10 Å². The highest BCUT2D eigenvalue weighted by Gasteiger charge is 2.16. The number of aromatic nitrogens is 2. The Morgan fingerprint density at radius 2 is 2.21 bits per heavy atom. The Hall–Kier alpha value is -1.20. The average Bonchev–Trinajstić information content (AvgIpc) is 2.87. The van der Waals surface area contributed by atoms with Crippen molar-refractivity contribution in [3.05, 3.63) is 17.8 Å². The summed E-state index contributed by atoms with van der Waals surface area (Å²) in [4.78, 5) is 0. The largest absolute Gasteiger partial charge is 0.476 e. The molecular formula is C14H23N3O2. The number of hydrogen-bond acceptors (Lipinski definition) is 5. The maximum absolute atomic E-state index is 5.62. The van der Waals surface area contributed by atoms with Gasteiger partial charge in [-0.2, -0.15) is 5.10 Å². The van der Waals surface area contributed by atoms with E-state index in [2.05, 4.69) is 36.3 Å². The molecule has 2 heterocycles. The van der Waals surface area contributed by atoms with Crippen LogP contribution in [0, 0.1) is 5.92 Å². The van der Waals surface area contributed by atoms with Crippen molar-refractivity contribution in [3.8, 4) is 5.88 Å². The molecule has 106 valence electrons. The predicted octanol–water partition coefficient (Wildman–Crippen LogP) is 1.78. The summed E-state index contributed by atoms with van der Waals surface area (Å²) in [5.74, 6) is 1.08. The van der Waals surface area contributed by atoms with Crippen LogP contribution in [0.25, 0.3) is 0 Å². The summed E-state index contributed by atoms with van der Waals surface area (Å²) in [7, 11) is 0. The van der Waals surface area contributed by atoms with E-state index in [1.807, 2.05) is 12.1 Å². The highest BCUT2D eigenvalue weighted by molar-refractivity contribution is 5.11. The molecule has 1 saturated heterocycles. The Kier molecular flexibility index (Phi) is 4.71. The van der Waals surface area contributed by atoms with Gasteiger partial charge >= 0.3 is 0 Å². The predicted molar refractivity (Wildman–Crippen MR) is 73.0 cm³/mol. The van der Waals surface area contributed by atoms with Crippen molar-refractivity contribution in [3.63, 3.8) is 0 Å². The zero-order valence-electron chi connectivity index (χ0n) is 12.0. The summed E-state index contributed by atoms with van der Waals surface area (Å²) >= 11 is 0. The number of nitrogens with zero attached hydrogens (tertiary/aromatic N) is 2. The maximum Gasteiger partial charge on any atom is 0.233 e. The fourth-order valence-corrected chi connectivity index (χ4v) is 1.79. The summed E-state index contributed by atoms with van der Waals surface area (Å²) in [6.45, 7) is 9.39. The number of rotatable bonds is 5. The van der Waals surface area contributed by atoms with E-state index in [9.17, 15) is 0 Å². The topological polar surface area (TPSA) is 56.3 Å². The van der Waals surface area contributed by atoms with Crippen molar-refractivity contribution in [2.75, 3.05) is 19.8 Å². The van der Waals surface area contributed by atoms with Crippen LogP contribution in [0.2, 0.25) is 0 Å². The molecule has 19 heavy (non-hydrogen) atoms. The van der Waals surface area contributed by atoms with E-state index >= 15 is 0 Å². The highest BCUT2D eigenvalue weighted by atomic mass is 16.5. The molecule has 5 heteroatoms. The van der Waals surface area contributed by atoms with Gasteiger partial charge in [-0.1, -0.05) is 0 Å². The monoisotopic (exact) mass is 265 g/mol. The third-order valence-electron chi connectivity index (χ3n) is 2.99. The molecule has 0 aliphatic carbocycles. The van der Waals surface area contributed by atoms with Gasteiger partial charge in [0, 0.05) is 30.7 Å². The van der Waals surface area contributed by atoms with Crippen molar-refractivity contribution >= 4 is 0 Å². The average molecular weight is 265 g/mol. The van der Waals surface area contributed by atoms with Crippen LogP contribution in [-0.2, 0) is 11.3 Å². The quantitative estimate of drug-likeness (QED) is 0.879. The lowest BCUT2D eigenvalue weighted by Gasteiger charge is -2.19. The van der Waals surface area contributed by atoms with Gasteiger partial charge in [0.15, 0.2) is 0 Å². The van der Waals surface area contributed by atoms with Gasteiger partial charge in [-0.25, -0.2) is 0 Å². The van der Waals surface area contributed by atoms with Crippen LogP contribution in [0.5, 0.6) is 5.88 Å². The minimum atomic E-state index is 0.0827. The Morgan fingerprint density at radius 1 is 1.37 bits per heavy atom. The van der Waals surface area contributed by atoms with Gasteiger partial charge in [0.25, 0.3) is 0 Å². The van der Waals surface area contributed by atoms with Gasteiger partial charge in [-0.3, -0.25) is 0 Å². The van der Waals surface area contributed by atoms with Gasteiger partial charge in [-0.05, 0) is 33.3 Å². The van der Waals surface area contributed by atoms with Gasteiger partial charge in [0.2, 0.25) is 5.88 Å². The van der Waals surface area contributed by atoms with Gasteiger partial charge < -0.3 is 14.8 Å². The lowest BCUT2D eigenvalue weighted by atomic mass is 10.1. The molecule has 0 spiro atoms.